The van der Waals surface area contributed by atoms with E-state index in [2.05, 4.69) is 30.0 Å². The van der Waals surface area contributed by atoms with Crippen molar-refractivity contribution in [2.75, 3.05) is 5.32 Å². The van der Waals surface area contributed by atoms with Gasteiger partial charge in [0.2, 0.25) is 0 Å². The van der Waals surface area contributed by atoms with E-state index in [9.17, 15) is 27.6 Å². The van der Waals surface area contributed by atoms with E-state index >= 15 is 0 Å². The van der Waals surface area contributed by atoms with Crippen LogP contribution in [0.2, 0.25) is 0 Å². The van der Waals surface area contributed by atoms with Gasteiger partial charge in [-0.25, -0.2) is 4.79 Å². The molecule has 0 spiro atoms. The molecule has 1 aromatic carbocycles. The Morgan fingerprint density at radius 2 is 1.82 bits per heavy atom. The van der Waals surface area contributed by atoms with Crippen molar-refractivity contribution >= 4 is 23.3 Å². The van der Waals surface area contributed by atoms with Gasteiger partial charge in [0, 0.05) is 23.9 Å². The summed E-state index contributed by atoms with van der Waals surface area (Å²) in [5, 5.41) is 2.62. The lowest BCUT2D eigenvalue weighted by atomic mass is 9.47. The molecule has 9 heteroatoms. The van der Waals surface area contributed by atoms with Crippen molar-refractivity contribution in [3.8, 4) is 5.75 Å². The maximum absolute atomic E-state index is 13.1. The quantitative estimate of drug-likeness (QED) is 0.472. The number of benzene rings is 1. The molecule has 38 heavy (non-hydrogen) atoms. The van der Waals surface area contributed by atoms with Crippen LogP contribution in [-0.4, -0.2) is 30.1 Å². The van der Waals surface area contributed by atoms with Gasteiger partial charge in [0.15, 0.2) is 5.78 Å². The van der Waals surface area contributed by atoms with Gasteiger partial charge < -0.3 is 9.47 Å². The maximum atomic E-state index is 13.1. The van der Waals surface area contributed by atoms with Crippen LogP contribution in [0.15, 0.2) is 48.1 Å². The molecule has 7 atom stereocenters. The van der Waals surface area contributed by atoms with Crippen molar-refractivity contribution < 1.29 is 37.0 Å². The predicted octanol–water partition coefficient (Wildman–Crippen LogP) is 6.63. The van der Waals surface area contributed by atoms with Gasteiger partial charge in [0.25, 0.3) is 0 Å². The molecule has 4 aliphatic rings. The molecule has 2 fully saturated rings. The Labute approximate surface area is 219 Å². The summed E-state index contributed by atoms with van der Waals surface area (Å²) in [4.78, 5) is 37.9. The maximum Gasteiger partial charge on any atom is 0.573 e. The van der Waals surface area contributed by atoms with E-state index in [0.29, 0.717) is 19.3 Å². The minimum absolute atomic E-state index is 0.0658. The number of hydrogen-bond donors (Lipinski definition) is 1. The minimum atomic E-state index is -4.81. The lowest BCUT2D eigenvalue weighted by molar-refractivity contribution is -0.274. The van der Waals surface area contributed by atoms with Crippen molar-refractivity contribution in [1.82, 2.24) is 0 Å². The fraction of sp³-hybridized carbons (Fsp3) is 0.552. The van der Waals surface area contributed by atoms with E-state index in [4.69, 9.17) is 4.74 Å². The smallest absolute Gasteiger partial charge is 0.446 e. The highest BCUT2D eigenvalue weighted by atomic mass is 19.4. The van der Waals surface area contributed by atoms with Crippen molar-refractivity contribution in [2.24, 2.45) is 34.5 Å². The van der Waals surface area contributed by atoms with Gasteiger partial charge in [0.1, 0.15) is 17.6 Å². The number of anilines is 1. The summed E-state index contributed by atoms with van der Waals surface area (Å²) in [5.74, 6) is 0.0104. The number of carbonyl (C=O) groups is 3. The Balaban J connectivity index is 1.42. The number of ether oxygens (including phenoxy) is 2. The lowest BCUT2D eigenvalue weighted by Gasteiger charge is -2.58. The summed E-state index contributed by atoms with van der Waals surface area (Å²) in [6, 6.07) is 4.85. The van der Waals surface area contributed by atoms with Crippen molar-refractivity contribution in [2.45, 2.75) is 65.3 Å². The molecule has 0 heterocycles. The fourth-order valence-corrected chi connectivity index (χ4v) is 7.89. The molecule has 2 saturated carbocycles. The number of carbonyl (C=O) groups excluding carboxylic acids is 3. The molecular weight excluding hydrogens is 499 g/mol. The second kappa shape index (κ2) is 9.27. The third-order valence-electron chi connectivity index (χ3n) is 9.51. The van der Waals surface area contributed by atoms with E-state index < -0.39 is 24.3 Å². The summed E-state index contributed by atoms with van der Waals surface area (Å²) < 4.78 is 47.4. The van der Waals surface area contributed by atoms with E-state index in [-0.39, 0.29) is 51.8 Å². The molecule has 1 aromatic rings. The number of hydrogen-bond acceptors (Lipinski definition) is 5. The van der Waals surface area contributed by atoms with Crippen molar-refractivity contribution in [1.29, 1.82) is 0 Å². The SMILES string of the molecule is CC(=O)[C@H]1CC[C@H]2[C@@H]3C=CC4=CC(=O)CC[C@@]4(C)[C@@H]3[C@@H](OC(=O)Nc3ccc(OC(F)(F)F)cc3)C[C@]12C. The molecule has 0 bridgehead atoms. The third kappa shape index (κ3) is 4.64. The molecule has 4 aliphatic carbocycles. The standard InChI is InChI=1S/C29H32F3NO5/c1-16(34)22-10-11-23-21-9-4-17-14-19(35)12-13-27(17,2)25(21)24(15-28(22,23)3)37-26(36)33-18-5-7-20(8-6-18)38-29(30,31)32/h4-9,14,21-25H,10-13,15H2,1-3H3,(H,33,36)/t21-,22+,23-,24-,25-,27+,28+/m0/s1. The average molecular weight is 532 g/mol. The van der Waals surface area contributed by atoms with Crippen LogP contribution in [0.5, 0.6) is 5.75 Å². The summed E-state index contributed by atoms with van der Waals surface area (Å²) in [7, 11) is 0. The van der Waals surface area contributed by atoms with Gasteiger partial charge in [-0.05, 0) is 91.2 Å². The van der Waals surface area contributed by atoms with Crippen LogP contribution in [0.4, 0.5) is 23.7 Å². The summed E-state index contributed by atoms with van der Waals surface area (Å²) in [6.45, 7) is 5.90. The summed E-state index contributed by atoms with van der Waals surface area (Å²) in [5.41, 5.74) is 0.529. The van der Waals surface area contributed by atoms with Gasteiger partial charge in [-0.1, -0.05) is 26.0 Å². The average Bonchev–Trinajstić information content (AvgIpc) is 3.16. The van der Waals surface area contributed by atoms with Gasteiger partial charge in [-0.15, -0.1) is 13.2 Å². The highest BCUT2D eigenvalue weighted by Crippen LogP contribution is 2.65. The minimum Gasteiger partial charge on any atom is -0.446 e. The molecule has 0 radical (unpaired) electrons. The van der Waals surface area contributed by atoms with Crippen LogP contribution >= 0.6 is 0 Å². The lowest BCUT2D eigenvalue weighted by Crippen LogP contribution is -2.57. The van der Waals surface area contributed by atoms with Crippen LogP contribution in [0.25, 0.3) is 0 Å². The van der Waals surface area contributed by atoms with E-state index in [1.807, 2.05) is 6.08 Å². The molecule has 0 unspecified atom stereocenters. The highest BCUT2D eigenvalue weighted by Gasteiger charge is 2.63. The molecule has 0 aliphatic heterocycles. The van der Waals surface area contributed by atoms with Crippen LogP contribution in [0, 0.1) is 34.5 Å². The number of allylic oxidation sites excluding steroid dienone is 4. The number of halogens is 3. The van der Waals surface area contributed by atoms with E-state index in [1.165, 1.54) is 12.1 Å². The first-order valence-electron chi connectivity index (χ1n) is 13.1. The molecule has 1 amide bonds. The van der Waals surface area contributed by atoms with Crippen molar-refractivity contribution in [3.05, 3.63) is 48.1 Å². The number of Topliss-reactive ketones (excluding diaryl/α,β-unsaturated/α-hetero) is 1. The first kappa shape index (κ1) is 26.5. The molecule has 0 saturated heterocycles. The number of fused-ring (bicyclic) bond motifs is 5. The van der Waals surface area contributed by atoms with Gasteiger partial charge in [-0.2, -0.15) is 0 Å². The van der Waals surface area contributed by atoms with Crippen LogP contribution in [0.3, 0.4) is 0 Å². The predicted molar refractivity (Wildman–Crippen MR) is 133 cm³/mol. The van der Waals surface area contributed by atoms with Crippen LogP contribution in [-0.2, 0) is 14.3 Å². The number of amides is 1. The van der Waals surface area contributed by atoms with Crippen LogP contribution in [0.1, 0.15) is 52.9 Å². The zero-order chi connectivity index (χ0) is 27.5. The fourth-order valence-electron chi connectivity index (χ4n) is 7.89. The summed E-state index contributed by atoms with van der Waals surface area (Å²) in [6.07, 6.45) is 3.21. The Bertz CT molecular complexity index is 1210. The Kier molecular flexibility index (Phi) is 6.47. The van der Waals surface area contributed by atoms with E-state index in [0.717, 1.165) is 30.5 Å². The van der Waals surface area contributed by atoms with Crippen molar-refractivity contribution in [3.63, 3.8) is 0 Å². The molecule has 0 aromatic heterocycles. The molecule has 1 N–H and O–H groups in total. The third-order valence-corrected chi connectivity index (χ3v) is 9.51. The number of rotatable bonds is 4. The molecule has 204 valence electrons. The van der Waals surface area contributed by atoms with Gasteiger partial charge in [-0.3, -0.25) is 14.9 Å². The first-order valence-corrected chi connectivity index (χ1v) is 13.1. The van der Waals surface area contributed by atoms with Crippen LogP contribution < -0.4 is 10.1 Å². The molecular formula is C29H32F3NO5. The number of alkyl halides is 3. The second-order valence-electron chi connectivity index (χ2n) is 11.6. The monoisotopic (exact) mass is 531 g/mol. The normalized spacial score (nSPS) is 35.9. The second-order valence-corrected chi connectivity index (χ2v) is 11.6. The number of ketones is 2. The summed E-state index contributed by atoms with van der Waals surface area (Å²) >= 11 is 0. The zero-order valence-corrected chi connectivity index (χ0v) is 21.6. The van der Waals surface area contributed by atoms with E-state index in [1.54, 1.807) is 13.0 Å². The Morgan fingerprint density at radius 1 is 1.11 bits per heavy atom. The molecule has 5 rings (SSSR count). The van der Waals surface area contributed by atoms with Gasteiger partial charge >= 0.3 is 12.5 Å². The Morgan fingerprint density at radius 3 is 2.47 bits per heavy atom. The topological polar surface area (TPSA) is 81.7 Å². The highest BCUT2D eigenvalue weighted by molar-refractivity contribution is 5.92. The molecule has 6 nitrogen and oxygen atoms in total. The Hall–Kier alpha value is -3.10. The first-order chi connectivity index (χ1) is 17.8. The largest absolute Gasteiger partial charge is 0.573 e. The zero-order valence-electron chi connectivity index (χ0n) is 21.6. The number of nitrogens with one attached hydrogen (secondary N) is 1. The van der Waals surface area contributed by atoms with Gasteiger partial charge in [0.05, 0.1) is 0 Å².